The number of carbonyl (C=O) groups excluding carboxylic acids is 2. The number of piperazine rings is 1. The number of hydrogen-bond donors (Lipinski definition) is 2. The molecule has 2 aromatic rings. The van der Waals surface area contributed by atoms with Gasteiger partial charge in [-0.15, -0.1) is 0 Å². The monoisotopic (exact) mass is 414 g/mol. The van der Waals surface area contributed by atoms with E-state index in [1.165, 1.54) is 30.0 Å². The predicted molar refractivity (Wildman–Crippen MR) is 110 cm³/mol. The van der Waals surface area contributed by atoms with E-state index < -0.39 is 0 Å². The average Bonchev–Trinajstić information content (AvgIpc) is 3.12. The van der Waals surface area contributed by atoms with Gasteiger partial charge in [0.1, 0.15) is 5.82 Å². The van der Waals surface area contributed by atoms with Crippen molar-refractivity contribution in [3.8, 4) is 0 Å². The molecule has 3 amide bonds. The average molecular weight is 414 g/mol. The molecule has 0 bridgehead atoms. The maximum atomic E-state index is 13.0. The van der Waals surface area contributed by atoms with E-state index in [4.69, 9.17) is 0 Å². The Morgan fingerprint density at radius 2 is 1.90 bits per heavy atom. The molecule has 1 unspecified atom stereocenters. The molecule has 8 nitrogen and oxygen atoms in total. The molecule has 1 aromatic carbocycles. The van der Waals surface area contributed by atoms with Crippen molar-refractivity contribution < 1.29 is 14.0 Å². The lowest BCUT2D eigenvalue weighted by molar-refractivity contribution is -0.117. The van der Waals surface area contributed by atoms with Gasteiger partial charge < -0.3 is 15.5 Å². The Morgan fingerprint density at radius 1 is 1.17 bits per heavy atom. The van der Waals surface area contributed by atoms with Gasteiger partial charge in [0.05, 0.1) is 18.8 Å². The van der Waals surface area contributed by atoms with Crippen LogP contribution in [-0.4, -0.2) is 64.2 Å². The summed E-state index contributed by atoms with van der Waals surface area (Å²) in [5.41, 5.74) is 2.89. The van der Waals surface area contributed by atoms with Gasteiger partial charge in [0.15, 0.2) is 0 Å². The van der Waals surface area contributed by atoms with Crippen LogP contribution in [0.5, 0.6) is 0 Å². The molecule has 1 saturated heterocycles. The number of benzene rings is 1. The van der Waals surface area contributed by atoms with E-state index in [-0.39, 0.29) is 30.3 Å². The summed E-state index contributed by atoms with van der Waals surface area (Å²) in [6, 6.07) is 5.64. The molecule has 1 aromatic heterocycles. The molecule has 30 heavy (non-hydrogen) atoms. The van der Waals surface area contributed by atoms with Gasteiger partial charge in [-0.2, -0.15) is 5.10 Å². The van der Waals surface area contributed by atoms with E-state index in [1.54, 1.807) is 4.90 Å². The molecule has 0 saturated carbocycles. The molecule has 0 radical (unpaired) electrons. The normalized spacial score (nSPS) is 19.3. The van der Waals surface area contributed by atoms with Crippen LogP contribution >= 0.6 is 0 Å². The van der Waals surface area contributed by atoms with Crippen molar-refractivity contribution in [1.29, 1.82) is 0 Å². The number of anilines is 1. The number of fused-ring (bicyclic) bond motifs is 1. The van der Waals surface area contributed by atoms with Crippen LogP contribution in [0.3, 0.4) is 0 Å². The topological polar surface area (TPSA) is 82.5 Å². The second-order valence-corrected chi connectivity index (χ2v) is 7.88. The summed E-state index contributed by atoms with van der Waals surface area (Å²) in [4.78, 5) is 28.8. The Balaban J connectivity index is 1.24. The fourth-order valence-corrected chi connectivity index (χ4v) is 4.14. The standard InChI is InChI=1S/C21H27FN6O2/c1-26-19-4-2-3-18(17(19)13-23-26)25-21(30)28-11-9-27(10-12-28)14-20(29)24-16-7-5-15(22)6-8-16/h5-8,13,18H,2-4,9-12,14H2,1H3,(H,24,29)(H,25,30). The fraction of sp³-hybridized carbons (Fsp3) is 0.476. The minimum atomic E-state index is -0.338. The van der Waals surface area contributed by atoms with Crippen LogP contribution in [0.4, 0.5) is 14.9 Å². The van der Waals surface area contributed by atoms with E-state index in [0.29, 0.717) is 31.9 Å². The summed E-state index contributed by atoms with van der Waals surface area (Å²) >= 11 is 0. The highest BCUT2D eigenvalue weighted by Gasteiger charge is 2.28. The number of carbonyl (C=O) groups is 2. The Hall–Kier alpha value is -2.94. The minimum Gasteiger partial charge on any atom is -0.331 e. The highest BCUT2D eigenvalue weighted by Crippen LogP contribution is 2.29. The van der Waals surface area contributed by atoms with Gasteiger partial charge in [-0.1, -0.05) is 0 Å². The number of amides is 3. The molecule has 1 fully saturated rings. The van der Waals surface area contributed by atoms with Gasteiger partial charge in [0.25, 0.3) is 0 Å². The number of aryl methyl sites for hydroxylation is 1. The molecule has 2 aliphatic rings. The first-order valence-corrected chi connectivity index (χ1v) is 10.3. The largest absolute Gasteiger partial charge is 0.331 e. The zero-order valence-electron chi connectivity index (χ0n) is 17.1. The zero-order chi connectivity index (χ0) is 21.1. The summed E-state index contributed by atoms with van der Waals surface area (Å²) in [5.74, 6) is -0.485. The molecule has 2 heterocycles. The third-order valence-corrected chi connectivity index (χ3v) is 5.83. The van der Waals surface area contributed by atoms with Crippen LogP contribution in [0.1, 0.15) is 30.1 Å². The highest BCUT2D eigenvalue weighted by atomic mass is 19.1. The van der Waals surface area contributed by atoms with Gasteiger partial charge in [-0.05, 0) is 43.5 Å². The summed E-state index contributed by atoms with van der Waals surface area (Å²) < 4.78 is 14.9. The Bertz CT molecular complexity index is 905. The maximum Gasteiger partial charge on any atom is 0.317 e. The molecule has 1 atom stereocenters. The van der Waals surface area contributed by atoms with Gasteiger partial charge >= 0.3 is 6.03 Å². The summed E-state index contributed by atoms with van der Waals surface area (Å²) in [7, 11) is 1.94. The Labute approximate surface area is 175 Å². The second-order valence-electron chi connectivity index (χ2n) is 7.88. The van der Waals surface area contributed by atoms with Crippen molar-refractivity contribution >= 4 is 17.6 Å². The van der Waals surface area contributed by atoms with Gasteiger partial charge in [-0.3, -0.25) is 14.4 Å². The molecule has 1 aliphatic carbocycles. The predicted octanol–water partition coefficient (Wildman–Crippen LogP) is 1.90. The Kier molecular flexibility index (Phi) is 5.98. The maximum absolute atomic E-state index is 13.0. The first-order chi connectivity index (χ1) is 14.5. The van der Waals surface area contributed by atoms with Crippen molar-refractivity contribution in [3.05, 3.63) is 47.5 Å². The summed E-state index contributed by atoms with van der Waals surface area (Å²) in [6.07, 6.45) is 4.82. The van der Waals surface area contributed by atoms with Gasteiger partial charge in [-0.25, -0.2) is 9.18 Å². The molecule has 4 rings (SSSR count). The molecule has 160 valence electrons. The second kappa shape index (κ2) is 8.83. The number of urea groups is 1. The zero-order valence-corrected chi connectivity index (χ0v) is 17.1. The molecule has 2 N–H and O–H groups in total. The summed E-state index contributed by atoms with van der Waals surface area (Å²) in [5, 5.41) is 10.3. The SMILES string of the molecule is Cn1ncc2c1CCCC2NC(=O)N1CCN(CC(=O)Nc2ccc(F)cc2)CC1. The number of nitrogens with one attached hydrogen (secondary N) is 2. The van der Waals surface area contributed by atoms with Crippen molar-refractivity contribution in [2.45, 2.75) is 25.3 Å². The molecular formula is C21H27FN6O2. The van der Waals surface area contributed by atoms with Crippen LogP contribution in [0.25, 0.3) is 0 Å². The third kappa shape index (κ3) is 4.62. The first-order valence-electron chi connectivity index (χ1n) is 10.3. The Morgan fingerprint density at radius 3 is 2.63 bits per heavy atom. The lowest BCUT2D eigenvalue weighted by atomic mass is 9.93. The van der Waals surface area contributed by atoms with E-state index in [9.17, 15) is 14.0 Å². The number of hydrogen-bond acceptors (Lipinski definition) is 4. The third-order valence-electron chi connectivity index (χ3n) is 5.83. The van der Waals surface area contributed by atoms with Crippen LogP contribution in [-0.2, 0) is 18.3 Å². The fourth-order valence-electron chi connectivity index (χ4n) is 4.14. The molecule has 9 heteroatoms. The van der Waals surface area contributed by atoms with Crippen LogP contribution in [0.15, 0.2) is 30.5 Å². The van der Waals surface area contributed by atoms with E-state index in [2.05, 4.69) is 15.7 Å². The van der Waals surface area contributed by atoms with E-state index in [0.717, 1.165) is 24.8 Å². The van der Waals surface area contributed by atoms with Crippen LogP contribution in [0, 0.1) is 5.82 Å². The van der Waals surface area contributed by atoms with Crippen molar-refractivity contribution in [2.75, 3.05) is 38.0 Å². The minimum absolute atomic E-state index is 0.00877. The lowest BCUT2D eigenvalue weighted by Gasteiger charge is -2.35. The first kappa shape index (κ1) is 20.3. The molecular weight excluding hydrogens is 387 g/mol. The van der Waals surface area contributed by atoms with Crippen molar-refractivity contribution in [2.24, 2.45) is 7.05 Å². The van der Waals surface area contributed by atoms with Crippen LogP contribution < -0.4 is 10.6 Å². The van der Waals surface area contributed by atoms with E-state index >= 15 is 0 Å². The smallest absolute Gasteiger partial charge is 0.317 e. The molecule has 1 aliphatic heterocycles. The summed E-state index contributed by atoms with van der Waals surface area (Å²) in [6.45, 7) is 2.65. The van der Waals surface area contributed by atoms with Crippen molar-refractivity contribution in [1.82, 2.24) is 24.9 Å². The number of aromatic nitrogens is 2. The van der Waals surface area contributed by atoms with Crippen LogP contribution in [0.2, 0.25) is 0 Å². The quantitative estimate of drug-likeness (QED) is 0.801. The van der Waals surface area contributed by atoms with Gasteiger partial charge in [0.2, 0.25) is 5.91 Å². The number of rotatable bonds is 4. The van der Waals surface area contributed by atoms with Gasteiger partial charge in [0, 0.05) is 50.2 Å². The lowest BCUT2D eigenvalue weighted by Crippen LogP contribution is -2.53. The number of nitrogens with zero attached hydrogens (tertiary/aromatic N) is 4. The van der Waals surface area contributed by atoms with Crippen molar-refractivity contribution in [3.63, 3.8) is 0 Å². The highest BCUT2D eigenvalue weighted by molar-refractivity contribution is 5.92. The van der Waals surface area contributed by atoms with E-state index in [1.807, 2.05) is 22.8 Å². The number of halogens is 1. The molecule has 0 spiro atoms.